The van der Waals surface area contributed by atoms with Crippen molar-refractivity contribution in [2.75, 3.05) is 13.2 Å². The molecule has 1 heterocycles. The van der Waals surface area contributed by atoms with Crippen LogP contribution in [0.3, 0.4) is 0 Å². The van der Waals surface area contributed by atoms with Crippen LogP contribution >= 0.6 is 0 Å². The SMILES string of the molecule is F[B-](F)(F)c1cccc(OCCCC2CCCO2)c1. The van der Waals surface area contributed by atoms with Crippen molar-refractivity contribution in [3.63, 3.8) is 0 Å². The number of ether oxygens (including phenoxy) is 2. The molecule has 1 aliphatic heterocycles. The van der Waals surface area contributed by atoms with E-state index in [9.17, 15) is 12.9 Å². The Bertz CT molecular complexity index is 403. The smallest absolute Gasteiger partial charge is 0.494 e. The van der Waals surface area contributed by atoms with Gasteiger partial charge < -0.3 is 22.4 Å². The Morgan fingerprint density at radius 1 is 1.32 bits per heavy atom. The molecule has 1 aromatic rings. The molecule has 0 N–H and O–H groups in total. The molecule has 0 spiro atoms. The van der Waals surface area contributed by atoms with E-state index in [4.69, 9.17) is 9.47 Å². The predicted molar refractivity (Wildman–Crippen MR) is 68.9 cm³/mol. The highest BCUT2D eigenvalue weighted by atomic mass is 19.4. The van der Waals surface area contributed by atoms with Crippen molar-refractivity contribution in [3.05, 3.63) is 24.3 Å². The summed E-state index contributed by atoms with van der Waals surface area (Å²) in [6.45, 7) is -3.71. The van der Waals surface area contributed by atoms with Crippen LogP contribution < -0.4 is 10.2 Å². The Kier molecular flexibility index (Phi) is 4.74. The van der Waals surface area contributed by atoms with Crippen LogP contribution in [0.15, 0.2) is 24.3 Å². The molecule has 19 heavy (non-hydrogen) atoms. The lowest BCUT2D eigenvalue weighted by atomic mass is 9.80. The molecule has 0 aromatic heterocycles. The first-order valence-electron chi connectivity index (χ1n) is 6.60. The summed E-state index contributed by atoms with van der Waals surface area (Å²) in [5.74, 6) is 0.282. The third-order valence-corrected chi connectivity index (χ3v) is 3.20. The van der Waals surface area contributed by atoms with Crippen molar-refractivity contribution in [2.45, 2.75) is 31.8 Å². The summed E-state index contributed by atoms with van der Waals surface area (Å²) in [7, 11) is 0. The molecule has 0 aliphatic carbocycles. The average molecular weight is 273 g/mol. The lowest BCUT2D eigenvalue weighted by Gasteiger charge is -2.16. The molecule has 1 saturated heterocycles. The van der Waals surface area contributed by atoms with E-state index in [1.807, 2.05) is 0 Å². The van der Waals surface area contributed by atoms with Crippen molar-refractivity contribution in [2.24, 2.45) is 0 Å². The van der Waals surface area contributed by atoms with Gasteiger partial charge in [-0.25, -0.2) is 0 Å². The molecule has 0 saturated carbocycles. The number of halogens is 3. The van der Waals surface area contributed by atoms with Gasteiger partial charge in [0.15, 0.2) is 0 Å². The van der Waals surface area contributed by atoms with E-state index < -0.39 is 12.4 Å². The summed E-state index contributed by atoms with van der Waals surface area (Å²) in [6, 6.07) is 5.06. The third kappa shape index (κ3) is 4.46. The second kappa shape index (κ2) is 6.32. The summed E-state index contributed by atoms with van der Waals surface area (Å²) in [6.07, 6.45) is 4.18. The van der Waals surface area contributed by atoms with Crippen LogP contribution in [0.4, 0.5) is 12.9 Å². The first-order valence-corrected chi connectivity index (χ1v) is 6.60. The number of hydrogen-bond donors (Lipinski definition) is 0. The Labute approximate surface area is 111 Å². The molecule has 2 nitrogen and oxygen atoms in total. The fourth-order valence-electron chi connectivity index (χ4n) is 2.18. The Balaban J connectivity index is 1.76. The van der Waals surface area contributed by atoms with E-state index in [0.29, 0.717) is 12.7 Å². The normalized spacial score (nSPS) is 19.6. The molecule has 1 aromatic carbocycles. The lowest BCUT2D eigenvalue weighted by Crippen LogP contribution is -2.33. The molecule has 1 fully saturated rings. The monoisotopic (exact) mass is 273 g/mol. The van der Waals surface area contributed by atoms with Gasteiger partial charge in [0.05, 0.1) is 12.7 Å². The van der Waals surface area contributed by atoms with E-state index >= 15 is 0 Å². The first-order chi connectivity index (χ1) is 9.05. The van der Waals surface area contributed by atoms with Crippen molar-refractivity contribution in [3.8, 4) is 5.75 Å². The summed E-state index contributed by atoms with van der Waals surface area (Å²) in [5, 5.41) is 0. The van der Waals surface area contributed by atoms with Gasteiger partial charge in [0.25, 0.3) is 0 Å². The molecular weight excluding hydrogens is 256 g/mol. The maximum atomic E-state index is 12.6. The standard InChI is InChI=1S/C13H17BF3O2/c15-14(16,17)11-4-1-5-13(10-11)19-9-3-7-12-6-2-8-18-12/h1,4-5,10,12H,2-3,6-9H2/q-1. The van der Waals surface area contributed by atoms with Crippen LogP contribution in [0.5, 0.6) is 5.75 Å². The zero-order valence-electron chi connectivity index (χ0n) is 10.7. The molecule has 1 atom stereocenters. The zero-order valence-corrected chi connectivity index (χ0v) is 10.7. The molecule has 2 rings (SSSR count). The van der Waals surface area contributed by atoms with E-state index in [1.54, 1.807) is 6.07 Å². The number of rotatable bonds is 6. The minimum absolute atomic E-state index is 0.282. The van der Waals surface area contributed by atoms with E-state index in [1.165, 1.54) is 6.07 Å². The topological polar surface area (TPSA) is 18.5 Å². The van der Waals surface area contributed by atoms with Crippen molar-refractivity contribution in [1.82, 2.24) is 0 Å². The van der Waals surface area contributed by atoms with Crippen LogP contribution in [0.2, 0.25) is 0 Å². The van der Waals surface area contributed by atoms with Gasteiger partial charge in [-0.1, -0.05) is 12.1 Å². The highest BCUT2D eigenvalue weighted by Gasteiger charge is 2.25. The minimum Gasteiger partial charge on any atom is -0.494 e. The zero-order chi connectivity index (χ0) is 13.7. The molecule has 0 radical (unpaired) electrons. The van der Waals surface area contributed by atoms with Crippen LogP contribution in [-0.2, 0) is 4.74 Å². The summed E-state index contributed by atoms with van der Waals surface area (Å²) < 4.78 is 48.5. The molecule has 1 unspecified atom stereocenters. The van der Waals surface area contributed by atoms with E-state index in [-0.39, 0.29) is 5.75 Å². The van der Waals surface area contributed by atoms with Gasteiger partial charge in [-0.15, -0.1) is 5.46 Å². The number of hydrogen-bond acceptors (Lipinski definition) is 2. The second-order valence-electron chi connectivity index (χ2n) is 4.77. The van der Waals surface area contributed by atoms with Crippen LogP contribution in [0.25, 0.3) is 0 Å². The fraction of sp³-hybridized carbons (Fsp3) is 0.538. The Morgan fingerprint density at radius 2 is 2.16 bits per heavy atom. The summed E-state index contributed by atoms with van der Waals surface area (Å²) >= 11 is 0. The van der Waals surface area contributed by atoms with Gasteiger partial charge in [-0.2, -0.15) is 0 Å². The maximum Gasteiger partial charge on any atom is 0.509 e. The molecule has 0 bridgehead atoms. The van der Waals surface area contributed by atoms with Crippen LogP contribution in [0.1, 0.15) is 25.7 Å². The van der Waals surface area contributed by atoms with Crippen molar-refractivity contribution < 1.29 is 22.4 Å². The highest BCUT2D eigenvalue weighted by molar-refractivity contribution is 6.73. The van der Waals surface area contributed by atoms with E-state index in [2.05, 4.69) is 0 Å². The fourth-order valence-corrected chi connectivity index (χ4v) is 2.18. The largest absolute Gasteiger partial charge is 0.509 e. The highest BCUT2D eigenvalue weighted by Crippen LogP contribution is 2.18. The molecule has 6 heteroatoms. The van der Waals surface area contributed by atoms with Gasteiger partial charge in [0.2, 0.25) is 0 Å². The first kappa shape index (κ1) is 14.2. The number of benzene rings is 1. The third-order valence-electron chi connectivity index (χ3n) is 3.20. The summed E-state index contributed by atoms with van der Waals surface area (Å²) in [5.41, 5.74) is -0.614. The average Bonchev–Trinajstić information content (AvgIpc) is 2.87. The van der Waals surface area contributed by atoms with Crippen LogP contribution in [-0.4, -0.2) is 26.3 Å². The maximum absolute atomic E-state index is 12.6. The summed E-state index contributed by atoms with van der Waals surface area (Å²) in [4.78, 5) is 0. The van der Waals surface area contributed by atoms with Gasteiger partial charge in [0, 0.05) is 6.61 Å². The van der Waals surface area contributed by atoms with Gasteiger partial charge in [0.1, 0.15) is 5.75 Å². The Hall–Kier alpha value is -1.17. The molecule has 0 amide bonds. The second-order valence-corrected chi connectivity index (χ2v) is 4.77. The van der Waals surface area contributed by atoms with Gasteiger partial charge >= 0.3 is 6.98 Å². The van der Waals surface area contributed by atoms with Crippen molar-refractivity contribution >= 4 is 12.4 Å². The minimum atomic E-state index is -4.96. The van der Waals surface area contributed by atoms with Gasteiger partial charge in [-0.05, 0) is 37.8 Å². The molecule has 106 valence electrons. The van der Waals surface area contributed by atoms with E-state index in [0.717, 1.165) is 44.4 Å². The van der Waals surface area contributed by atoms with Crippen LogP contribution in [0, 0.1) is 0 Å². The predicted octanol–water partition coefficient (Wildman–Crippen LogP) is 3.08. The molecule has 1 aliphatic rings. The Morgan fingerprint density at radius 3 is 2.84 bits per heavy atom. The lowest BCUT2D eigenvalue weighted by molar-refractivity contribution is 0.0981. The molecular formula is C13H17BF3O2-. The quantitative estimate of drug-likeness (QED) is 0.585. The van der Waals surface area contributed by atoms with Crippen molar-refractivity contribution in [1.29, 1.82) is 0 Å². The van der Waals surface area contributed by atoms with Gasteiger partial charge in [-0.3, -0.25) is 0 Å².